The Balaban J connectivity index is 1.43. The van der Waals surface area contributed by atoms with Gasteiger partial charge in [0.2, 0.25) is 5.91 Å². The van der Waals surface area contributed by atoms with Crippen LogP contribution < -0.4 is 5.32 Å². The zero-order valence-electron chi connectivity index (χ0n) is 20.4. The van der Waals surface area contributed by atoms with Crippen LogP contribution in [0.1, 0.15) is 63.0 Å². The summed E-state index contributed by atoms with van der Waals surface area (Å²) in [5, 5.41) is 12.3. The summed E-state index contributed by atoms with van der Waals surface area (Å²) in [4.78, 5) is 39.4. The number of carbonyl (C=O) groups excluding carboxylic acids is 2. The summed E-state index contributed by atoms with van der Waals surface area (Å²) in [7, 11) is 0. The lowest BCUT2D eigenvalue weighted by molar-refractivity contribution is -0.149. The number of fused-ring (bicyclic) bond motifs is 3. The summed E-state index contributed by atoms with van der Waals surface area (Å²) in [5.74, 6) is -1.76. The molecule has 1 aliphatic heterocycles. The van der Waals surface area contributed by atoms with Gasteiger partial charge in [0.1, 0.15) is 12.6 Å². The van der Waals surface area contributed by atoms with Gasteiger partial charge in [0.15, 0.2) is 0 Å². The molecule has 2 amide bonds. The molecule has 35 heavy (non-hydrogen) atoms. The molecule has 1 saturated heterocycles. The van der Waals surface area contributed by atoms with Crippen molar-refractivity contribution in [2.24, 2.45) is 5.92 Å². The lowest BCUT2D eigenvalue weighted by Gasteiger charge is -2.39. The number of benzene rings is 2. The molecule has 0 aromatic heterocycles. The van der Waals surface area contributed by atoms with Gasteiger partial charge in [-0.15, -0.1) is 0 Å². The maximum atomic E-state index is 13.4. The van der Waals surface area contributed by atoms with Crippen LogP contribution in [0, 0.1) is 5.92 Å². The normalized spacial score (nSPS) is 20.0. The summed E-state index contributed by atoms with van der Waals surface area (Å²) >= 11 is 0. The molecule has 7 nitrogen and oxygen atoms in total. The first kappa shape index (κ1) is 24.8. The Morgan fingerprint density at radius 3 is 2.31 bits per heavy atom. The highest BCUT2D eigenvalue weighted by molar-refractivity contribution is 5.87. The van der Waals surface area contributed by atoms with E-state index in [1.54, 1.807) is 11.8 Å². The number of unbranched alkanes of at least 4 members (excludes halogenated alkanes) is 1. The van der Waals surface area contributed by atoms with Crippen LogP contribution in [0.4, 0.5) is 4.79 Å². The number of carboxylic acids is 1. The Bertz CT molecular complexity index is 1040. The van der Waals surface area contributed by atoms with E-state index in [0.29, 0.717) is 25.8 Å². The number of carbonyl (C=O) groups is 3. The number of nitrogens with zero attached hydrogens (tertiary/aromatic N) is 1. The Labute approximate surface area is 206 Å². The van der Waals surface area contributed by atoms with Crippen LogP contribution in [0.5, 0.6) is 0 Å². The summed E-state index contributed by atoms with van der Waals surface area (Å²) < 4.78 is 5.66. The third kappa shape index (κ3) is 5.19. The van der Waals surface area contributed by atoms with Gasteiger partial charge in [0, 0.05) is 18.5 Å². The van der Waals surface area contributed by atoms with E-state index in [0.717, 1.165) is 35.1 Å². The fourth-order valence-corrected chi connectivity index (χ4v) is 5.43. The number of rotatable bonds is 8. The highest BCUT2D eigenvalue weighted by Gasteiger charge is 2.38. The van der Waals surface area contributed by atoms with Crippen LogP contribution in [-0.4, -0.2) is 53.2 Å². The molecular formula is C28H34N2O5. The topological polar surface area (TPSA) is 95.9 Å². The quantitative estimate of drug-likeness (QED) is 0.568. The van der Waals surface area contributed by atoms with E-state index < -0.39 is 30.1 Å². The van der Waals surface area contributed by atoms with Crippen molar-refractivity contribution in [3.05, 3.63) is 59.7 Å². The summed E-state index contributed by atoms with van der Waals surface area (Å²) in [6.07, 6.45) is 2.70. The molecule has 0 saturated carbocycles. The molecule has 0 bridgehead atoms. The van der Waals surface area contributed by atoms with E-state index in [9.17, 15) is 19.5 Å². The summed E-state index contributed by atoms with van der Waals surface area (Å²) in [6, 6.07) is 15.1. The van der Waals surface area contributed by atoms with Crippen molar-refractivity contribution in [1.29, 1.82) is 0 Å². The molecule has 2 aromatic carbocycles. The Morgan fingerprint density at radius 1 is 1.09 bits per heavy atom. The fraction of sp³-hybridized carbons (Fsp3) is 0.464. The maximum Gasteiger partial charge on any atom is 0.407 e. The molecule has 3 atom stereocenters. The number of amides is 2. The third-order valence-corrected chi connectivity index (χ3v) is 7.37. The molecule has 4 rings (SSSR count). The van der Waals surface area contributed by atoms with Crippen LogP contribution >= 0.6 is 0 Å². The van der Waals surface area contributed by atoms with Gasteiger partial charge in [-0.05, 0) is 48.4 Å². The fourth-order valence-electron chi connectivity index (χ4n) is 5.43. The minimum Gasteiger partial charge on any atom is -0.481 e. The molecule has 1 fully saturated rings. The van der Waals surface area contributed by atoms with Gasteiger partial charge in [-0.2, -0.15) is 0 Å². The second-order valence-electron chi connectivity index (χ2n) is 9.52. The Hall–Kier alpha value is -3.35. The van der Waals surface area contributed by atoms with E-state index in [4.69, 9.17) is 4.74 Å². The first-order valence-electron chi connectivity index (χ1n) is 12.6. The van der Waals surface area contributed by atoms with Gasteiger partial charge in [-0.1, -0.05) is 68.3 Å². The van der Waals surface area contributed by atoms with Crippen LogP contribution in [0.15, 0.2) is 48.5 Å². The Kier molecular flexibility index (Phi) is 7.73. The van der Waals surface area contributed by atoms with Crippen molar-refractivity contribution in [1.82, 2.24) is 10.2 Å². The Morgan fingerprint density at radius 2 is 1.71 bits per heavy atom. The number of carboxylic acid groups (broad SMARTS) is 1. The smallest absolute Gasteiger partial charge is 0.407 e. The lowest BCUT2D eigenvalue weighted by atomic mass is 9.89. The van der Waals surface area contributed by atoms with E-state index in [1.807, 2.05) is 31.2 Å². The molecule has 2 unspecified atom stereocenters. The minimum atomic E-state index is -0.885. The largest absolute Gasteiger partial charge is 0.481 e. The van der Waals surface area contributed by atoms with E-state index in [1.165, 1.54) is 0 Å². The first-order chi connectivity index (χ1) is 16.9. The molecule has 1 heterocycles. The second kappa shape index (κ2) is 10.9. The molecule has 186 valence electrons. The summed E-state index contributed by atoms with van der Waals surface area (Å²) in [6.45, 7) is 4.48. The average Bonchev–Trinajstić information content (AvgIpc) is 3.18. The van der Waals surface area contributed by atoms with Crippen molar-refractivity contribution in [2.75, 3.05) is 13.2 Å². The SMILES string of the molecule is CCCC[C@H](NC(=O)OCC1c2ccccc2-c2ccccc21)C(=O)N1CCCC(C(=O)O)C1C. The maximum absolute atomic E-state index is 13.4. The number of ether oxygens (including phenoxy) is 1. The molecule has 2 N–H and O–H groups in total. The first-order valence-corrected chi connectivity index (χ1v) is 12.6. The predicted octanol–water partition coefficient (Wildman–Crippen LogP) is 4.80. The van der Waals surface area contributed by atoms with Crippen LogP contribution in [-0.2, 0) is 14.3 Å². The van der Waals surface area contributed by atoms with E-state index in [-0.39, 0.29) is 18.4 Å². The lowest BCUT2D eigenvalue weighted by Crippen LogP contribution is -2.56. The highest BCUT2D eigenvalue weighted by atomic mass is 16.5. The van der Waals surface area contributed by atoms with Gasteiger partial charge in [0.25, 0.3) is 0 Å². The molecule has 2 aromatic rings. The molecule has 2 aliphatic rings. The van der Waals surface area contributed by atoms with E-state index >= 15 is 0 Å². The van der Waals surface area contributed by atoms with Crippen LogP contribution in [0.2, 0.25) is 0 Å². The number of aliphatic carboxylic acids is 1. The molecule has 0 spiro atoms. The van der Waals surface area contributed by atoms with Crippen molar-refractivity contribution >= 4 is 18.0 Å². The van der Waals surface area contributed by atoms with Crippen molar-refractivity contribution < 1.29 is 24.2 Å². The van der Waals surface area contributed by atoms with E-state index in [2.05, 4.69) is 29.6 Å². The average molecular weight is 479 g/mol. The van der Waals surface area contributed by atoms with Gasteiger partial charge < -0.3 is 20.1 Å². The summed E-state index contributed by atoms with van der Waals surface area (Å²) in [5.41, 5.74) is 4.56. The minimum absolute atomic E-state index is 0.0589. The molecule has 1 aliphatic carbocycles. The number of nitrogens with one attached hydrogen (secondary N) is 1. The second-order valence-corrected chi connectivity index (χ2v) is 9.52. The molecular weight excluding hydrogens is 444 g/mol. The zero-order valence-corrected chi connectivity index (χ0v) is 20.4. The number of piperidine rings is 1. The van der Waals surface area contributed by atoms with Gasteiger partial charge in [0.05, 0.1) is 5.92 Å². The zero-order chi connectivity index (χ0) is 24.9. The molecule has 7 heteroatoms. The highest BCUT2D eigenvalue weighted by Crippen LogP contribution is 2.44. The van der Waals surface area contributed by atoms with Crippen molar-refractivity contribution in [3.8, 4) is 11.1 Å². The van der Waals surface area contributed by atoms with Gasteiger partial charge in [-0.25, -0.2) is 4.79 Å². The van der Waals surface area contributed by atoms with Crippen molar-refractivity contribution in [2.45, 2.75) is 64.0 Å². The number of hydrogen-bond donors (Lipinski definition) is 2. The number of likely N-dealkylation sites (tertiary alicyclic amines) is 1. The van der Waals surface area contributed by atoms with Gasteiger partial charge in [-0.3, -0.25) is 9.59 Å². The van der Waals surface area contributed by atoms with Crippen LogP contribution in [0.3, 0.4) is 0 Å². The molecule has 0 radical (unpaired) electrons. The third-order valence-electron chi connectivity index (χ3n) is 7.37. The monoisotopic (exact) mass is 478 g/mol. The van der Waals surface area contributed by atoms with Crippen molar-refractivity contribution in [3.63, 3.8) is 0 Å². The predicted molar refractivity (Wildman–Crippen MR) is 133 cm³/mol. The number of hydrogen-bond acceptors (Lipinski definition) is 4. The van der Waals surface area contributed by atoms with Crippen LogP contribution in [0.25, 0.3) is 11.1 Å². The number of alkyl carbamates (subject to hydrolysis) is 1. The standard InChI is InChI=1S/C28H34N2O5/c1-3-4-15-25(26(31)30-16-9-14-19(18(30)2)27(32)33)29-28(34)35-17-24-22-12-7-5-10-20(22)21-11-6-8-13-23(21)24/h5-8,10-13,18-19,24-25H,3-4,9,14-17H2,1-2H3,(H,29,34)(H,32,33)/t18?,19?,25-/m0/s1. The van der Waals surface area contributed by atoms with Gasteiger partial charge >= 0.3 is 12.1 Å².